The van der Waals surface area contributed by atoms with E-state index < -0.39 is 5.97 Å². The van der Waals surface area contributed by atoms with E-state index in [-0.39, 0.29) is 5.91 Å². The molecule has 0 aliphatic rings. The van der Waals surface area contributed by atoms with Gasteiger partial charge in [0.15, 0.2) is 0 Å². The fourth-order valence-electron chi connectivity index (χ4n) is 2.23. The van der Waals surface area contributed by atoms with Crippen LogP contribution in [-0.4, -0.2) is 33.9 Å². The van der Waals surface area contributed by atoms with Crippen LogP contribution in [0.4, 0.5) is 11.6 Å². The number of carbonyl (C=O) groups excluding carboxylic acids is 2. The van der Waals surface area contributed by atoms with Crippen LogP contribution < -0.4 is 10.6 Å². The number of ether oxygens (including phenoxy) is 1. The molecule has 0 fully saturated rings. The lowest BCUT2D eigenvalue weighted by Crippen LogP contribution is -2.13. The van der Waals surface area contributed by atoms with Gasteiger partial charge in [-0.3, -0.25) is 9.78 Å². The van der Waals surface area contributed by atoms with Gasteiger partial charge in [0, 0.05) is 37.0 Å². The molecule has 0 saturated carbocycles. The van der Waals surface area contributed by atoms with Crippen molar-refractivity contribution >= 4 is 23.5 Å². The molecule has 0 aliphatic carbocycles. The Balaban J connectivity index is 1.58. The van der Waals surface area contributed by atoms with Gasteiger partial charge in [-0.25, -0.2) is 14.8 Å². The minimum Gasteiger partial charge on any atom is -0.465 e. The van der Waals surface area contributed by atoms with Crippen molar-refractivity contribution in [3.8, 4) is 0 Å². The van der Waals surface area contributed by atoms with Crippen molar-refractivity contribution in [1.29, 1.82) is 0 Å². The molecule has 0 unspecified atom stereocenters. The number of carbonyl (C=O) groups is 2. The van der Waals surface area contributed by atoms with E-state index >= 15 is 0 Å². The van der Waals surface area contributed by atoms with Crippen LogP contribution in [0.1, 0.15) is 26.3 Å². The van der Waals surface area contributed by atoms with Crippen LogP contribution in [0.2, 0.25) is 0 Å². The van der Waals surface area contributed by atoms with Crippen LogP contribution >= 0.6 is 0 Å². The number of pyridine rings is 1. The van der Waals surface area contributed by atoms with Crippen LogP contribution in [0.15, 0.2) is 61.2 Å². The van der Waals surface area contributed by atoms with E-state index in [1.165, 1.54) is 19.5 Å². The third kappa shape index (κ3) is 4.85. The molecule has 0 saturated heterocycles. The highest BCUT2D eigenvalue weighted by Crippen LogP contribution is 2.12. The number of aromatic nitrogens is 3. The number of hydrogen-bond acceptors (Lipinski definition) is 7. The Labute approximate surface area is 155 Å². The number of nitrogens with one attached hydrogen (secondary N) is 2. The van der Waals surface area contributed by atoms with Gasteiger partial charge in [0.1, 0.15) is 0 Å². The second kappa shape index (κ2) is 8.52. The summed E-state index contributed by atoms with van der Waals surface area (Å²) in [5.74, 6) is -0.367. The molecular formula is C19H17N5O3. The van der Waals surface area contributed by atoms with E-state index in [2.05, 4.69) is 30.3 Å². The summed E-state index contributed by atoms with van der Waals surface area (Å²) in [4.78, 5) is 36.0. The summed E-state index contributed by atoms with van der Waals surface area (Å²) >= 11 is 0. The summed E-state index contributed by atoms with van der Waals surface area (Å²) < 4.78 is 4.63. The molecule has 3 aromatic rings. The van der Waals surface area contributed by atoms with Crippen molar-refractivity contribution in [2.45, 2.75) is 6.54 Å². The highest BCUT2D eigenvalue weighted by molar-refractivity contribution is 6.04. The smallest absolute Gasteiger partial charge is 0.337 e. The zero-order valence-corrected chi connectivity index (χ0v) is 14.5. The lowest BCUT2D eigenvalue weighted by molar-refractivity contribution is 0.0600. The number of esters is 1. The third-order valence-corrected chi connectivity index (χ3v) is 3.65. The molecule has 8 nitrogen and oxygen atoms in total. The second-order valence-corrected chi connectivity index (χ2v) is 5.53. The Morgan fingerprint density at radius 2 is 1.74 bits per heavy atom. The van der Waals surface area contributed by atoms with Crippen LogP contribution in [0.25, 0.3) is 0 Å². The van der Waals surface area contributed by atoms with Crippen LogP contribution in [0, 0.1) is 0 Å². The summed E-state index contributed by atoms with van der Waals surface area (Å²) in [7, 11) is 1.31. The van der Waals surface area contributed by atoms with Crippen molar-refractivity contribution in [3.05, 3.63) is 77.9 Å². The lowest BCUT2D eigenvalue weighted by atomic mass is 10.2. The summed E-state index contributed by atoms with van der Waals surface area (Å²) in [6, 6.07) is 10.2. The minimum absolute atomic E-state index is 0.318. The molecule has 1 amide bonds. The van der Waals surface area contributed by atoms with Gasteiger partial charge in [0.05, 0.1) is 18.2 Å². The second-order valence-electron chi connectivity index (χ2n) is 5.53. The predicted molar refractivity (Wildman–Crippen MR) is 99.3 cm³/mol. The largest absolute Gasteiger partial charge is 0.465 e. The Hall–Kier alpha value is -3.81. The van der Waals surface area contributed by atoms with E-state index in [1.807, 2.05) is 12.1 Å². The molecular weight excluding hydrogens is 346 g/mol. The maximum atomic E-state index is 12.3. The Morgan fingerprint density at radius 1 is 1.00 bits per heavy atom. The first-order valence-corrected chi connectivity index (χ1v) is 8.10. The molecule has 3 rings (SSSR count). The van der Waals surface area contributed by atoms with E-state index in [9.17, 15) is 9.59 Å². The Bertz CT molecular complexity index is 912. The molecule has 136 valence electrons. The quantitative estimate of drug-likeness (QED) is 0.648. The maximum absolute atomic E-state index is 12.3. The molecule has 0 radical (unpaired) electrons. The average Bonchev–Trinajstić information content (AvgIpc) is 2.73. The van der Waals surface area contributed by atoms with Crippen LogP contribution in [0.3, 0.4) is 0 Å². The molecule has 2 aromatic heterocycles. The molecule has 2 N–H and O–H groups in total. The van der Waals surface area contributed by atoms with E-state index in [0.29, 0.717) is 29.3 Å². The summed E-state index contributed by atoms with van der Waals surface area (Å²) in [6.45, 7) is 0.534. The predicted octanol–water partition coefficient (Wildman–Crippen LogP) is 2.52. The van der Waals surface area contributed by atoms with E-state index in [1.54, 1.807) is 36.7 Å². The monoisotopic (exact) mass is 363 g/mol. The van der Waals surface area contributed by atoms with Gasteiger partial charge in [-0.2, -0.15) is 0 Å². The highest BCUT2D eigenvalue weighted by Gasteiger charge is 2.09. The Morgan fingerprint density at radius 3 is 2.37 bits per heavy atom. The lowest BCUT2D eigenvalue weighted by Gasteiger charge is -2.07. The van der Waals surface area contributed by atoms with Crippen molar-refractivity contribution in [1.82, 2.24) is 15.0 Å². The SMILES string of the molecule is COC(=O)c1ccc(NC(=O)c2cnc(NCc3cccnc3)nc2)cc1. The van der Waals surface area contributed by atoms with Crippen LogP contribution in [0.5, 0.6) is 0 Å². The fourth-order valence-corrected chi connectivity index (χ4v) is 2.23. The molecule has 0 aliphatic heterocycles. The topological polar surface area (TPSA) is 106 Å². The highest BCUT2D eigenvalue weighted by atomic mass is 16.5. The first-order valence-electron chi connectivity index (χ1n) is 8.10. The van der Waals surface area contributed by atoms with Crippen molar-refractivity contribution in [2.24, 2.45) is 0 Å². The van der Waals surface area contributed by atoms with Crippen LogP contribution in [-0.2, 0) is 11.3 Å². The van der Waals surface area contributed by atoms with Crippen molar-refractivity contribution in [2.75, 3.05) is 17.7 Å². The van der Waals surface area contributed by atoms with Gasteiger partial charge in [0.2, 0.25) is 5.95 Å². The molecule has 8 heteroatoms. The Kier molecular flexibility index (Phi) is 5.68. The molecule has 2 heterocycles. The normalized spacial score (nSPS) is 10.1. The maximum Gasteiger partial charge on any atom is 0.337 e. The number of benzene rings is 1. The standard InChI is InChI=1S/C19H17N5O3/c1-27-18(26)14-4-6-16(7-5-14)24-17(25)15-11-22-19(23-12-15)21-10-13-3-2-8-20-9-13/h2-9,11-12H,10H2,1H3,(H,24,25)(H,21,22,23). The van der Waals surface area contributed by atoms with Crippen molar-refractivity contribution < 1.29 is 14.3 Å². The number of anilines is 2. The molecule has 27 heavy (non-hydrogen) atoms. The van der Waals surface area contributed by atoms with Gasteiger partial charge in [-0.15, -0.1) is 0 Å². The number of methoxy groups -OCH3 is 1. The average molecular weight is 363 g/mol. The number of amides is 1. The minimum atomic E-state index is -0.435. The zero-order chi connectivity index (χ0) is 19.1. The van der Waals surface area contributed by atoms with Gasteiger partial charge in [0.25, 0.3) is 5.91 Å². The van der Waals surface area contributed by atoms with Gasteiger partial charge in [-0.1, -0.05) is 6.07 Å². The van der Waals surface area contributed by atoms with Crippen molar-refractivity contribution in [3.63, 3.8) is 0 Å². The molecule has 0 spiro atoms. The summed E-state index contributed by atoms with van der Waals surface area (Å²) in [5, 5.41) is 5.78. The summed E-state index contributed by atoms with van der Waals surface area (Å²) in [5.41, 5.74) is 2.27. The number of rotatable bonds is 6. The van der Waals surface area contributed by atoms with E-state index in [4.69, 9.17) is 0 Å². The fraction of sp³-hybridized carbons (Fsp3) is 0.105. The summed E-state index contributed by atoms with van der Waals surface area (Å²) in [6.07, 6.45) is 6.34. The zero-order valence-electron chi connectivity index (χ0n) is 14.5. The third-order valence-electron chi connectivity index (χ3n) is 3.65. The first-order chi connectivity index (χ1) is 13.2. The van der Waals surface area contributed by atoms with E-state index in [0.717, 1.165) is 5.56 Å². The van der Waals surface area contributed by atoms with Gasteiger partial charge >= 0.3 is 5.97 Å². The van der Waals surface area contributed by atoms with Gasteiger partial charge in [-0.05, 0) is 35.9 Å². The first kappa shape index (κ1) is 18.0. The van der Waals surface area contributed by atoms with Gasteiger partial charge < -0.3 is 15.4 Å². The number of hydrogen-bond donors (Lipinski definition) is 2. The molecule has 0 atom stereocenters. The molecule has 0 bridgehead atoms. The molecule has 1 aromatic carbocycles. The number of nitrogens with zero attached hydrogens (tertiary/aromatic N) is 3.